The van der Waals surface area contributed by atoms with E-state index in [4.69, 9.17) is 11.6 Å². The Bertz CT molecular complexity index is 629. The van der Waals surface area contributed by atoms with Gasteiger partial charge in [0, 0.05) is 16.6 Å². The molecule has 0 aliphatic carbocycles. The SMILES string of the molecule is Cc1csc(C(=O)NCc2cc(Br)ccc2F)c1Cl. The number of rotatable bonds is 3. The van der Waals surface area contributed by atoms with E-state index in [1.54, 1.807) is 12.1 Å². The van der Waals surface area contributed by atoms with E-state index in [9.17, 15) is 9.18 Å². The molecule has 100 valence electrons. The molecule has 0 fully saturated rings. The lowest BCUT2D eigenvalue weighted by atomic mass is 10.2. The van der Waals surface area contributed by atoms with Crippen molar-refractivity contribution >= 4 is 44.8 Å². The van der Waals surface area contributed by atoms with Crippen molar-refractivity contribution in [2.75, 3.05) is 0 Å². The number of hydrogen-bond acceptors (Lipinski definition) is 2. The van der Waals surface area contributed by atoms with Crippen molar-refractivity contribution in [1.29, 1.82) is 0 Å². The summed E-state index contributed by atoms with van der Waals surface area (Å²) in [5, 5.41) is 4.94. The van der Waals surface area contributed by atoms with Crippen LogP contribution in [0.3, 0.4) is 0 Å². The number of carbonyl (C=O) groups is 1. The summed E-state index contributed by atoms with van der Waals surface area (Å²) in [7, 11) is 0. The topological polar surface area (TPSA) is 29.1 Å². The number of thiophene rings is 1. The molecule has 1 aromatic carbocycles. The summed E-state index contributed by atoms with van der Waals surface area (Å²) in [6.07, 6.45) is 0. The van der Waals surface area contributed by atoms with Crippen molar-refractivity contribution in [3.8, 4) is 0 Å². The third-order valence-electron chi connectivity index (χ3n) is 2.55. The van der Waals surface area contributed by atoms with Gasteiger partial charge in [0.25, 0.3) is 5.91 Å². The van der Waals surface area contributed by atoms with E-state index in [1.165, 1.54) is 17.4 Å². The van der Waals surface area contributed by atoms with Gasteiger partial charge in [0.05, 0.1) is 5.02 Å². The second-order valence-electron chi connectivity index (χ2n) is 3.98. The van der Waals surface area contributed by atoms with Crippen LogP contribution in [0.4, 0.5) is 4.39 Å². The fraction of sp³-hybridized carbons (Fsp3) is 0.154. The minimum Gasteiger partial charge on any atom is -0.347 e. The van der Waals surface area contributed by atoms with E-state index < -0.39 is 0 Å². The average Bonchev–Trinajstić information content (AvgIpc) is 2.71. The molecule has 2 rings (SSSR count). The molecule has 1 amide bonds. The first-order valence-electron chi connectivity index (χ1n) is 5.44. The normalized spacial score (nSPS) is 10.5. The van der Waals surface area contributed by atoms with Gasteiger partial charge in [-0.25, -0.2) is 4.39 Å². The molecule has 0 aliphatic rings. The van der Waals surface area contributed by atoms with E-state index in [-0.39, 0.29) is 18.3 Å². The molecule has 0 atom stereocenters. The predicted octanol–water partition coefficient (Wildman–Crippen LogP) is 4.54. The molecule has 0 bridgehead atoms. The number of amides is 1. The Morgan fingerprint density at radius 3 is 2.89 bits per heavy atom. The number of aryl methyl sites for hydroxylation is 1. The minimum absolute atomic E-state index is 0.122. The molecule has 0 aliphatic heterocycles. The van der Waals surface area contributed by atoms with Gasteiger partial charge in [-0.05, 0) is 36.1 Å². The third kappa shape index (κ3) is 3.35. The van der Waals surface area contributed by atoms with Crippen LogP contribution in [0.5, 0.6) is 0 Å². The molecule has 1 aromatic heterocycles. The van der Waals surface area contributed by atoms with Crippen LogP contribution >= 0.6 is 38.9 Å². The van der Waals surface area contributed by atoms with Gasteiger partial charge in [-0.1, -0.05) is 27.5 Å². The van der Waals surface area contributed by atoms with Crippen molar-refractivity contribution in [3.63, 3.8) is 0 Å². The fourth-order valence-corrected chi connectivity index (χ4v) is 3.12. The smallest absolute Gasteiger partial charge is 0.263 e. The maximum atomic E-state index is 13.5. The summed E-state index contributed by atoms with van der Waals surface area (Å²) in [5.74, 6) is -0.639. The predicted molar refractivity (Wildman–Crippen MR) is 79.3 cm³/mol. The van der Waals surface area contributed by atoms with E-state index in [2.05, 4.69) is 21.2 Å². The molecule has 2 nitrogen and oxygen atoms in total. The number of nitrogens with one attached hydrogen (secondary N) is 1. The van der Waals surface area contributed by atoms with Crippen LogP contribution in [0.15, 0.2) is 28.1 Å². The molecule has 6 heteroatoms. The largest absolute Gasteiger partial charge is 0.347 e. The van der Waals surface area contributed by atoms with Crippen LogP contribution in [-0.4, -0.2) is 5.91 Å². The highest BCUT2D eigenvalue weighted by atomic mass is 79.9. The van der Waals surface area contributed by atoms with Gasteiger partial charge in [-0.3, -0.25) is 4.79 Å². The van der Waals surface area contributed by atoms with Crippen molar-refractivity contribution in [3.05, 3.63) is 54.9 Å². The summed E-state index contributed by atoms with van der Waals surface area (Å²) in [6.45, 7) is 1.96. The van der Waals surface area contributed by atoms with Gasteiger partial charge in [-0.2, -0.15) is 0 Å². The number of halogens is 3. The van der Waals surface area contributed by atoms with Crippen LogP contribution in [0.2, 0.25) is 5.02 Å². The Morgan fingerprint density at radius 2 is 2.26 bits per heavy atom. The molecular formula is C13H10BrClFNOS. The fourth-order valence-electron chi connectivity index (χ4n) is 1.52. The zero-order chi connectivity index (χ0) is 14.0. The van der Waals surface area contributed by atoms with Crippen LogP contribution in [0.1, 0.15) is 20.8 Å². The third-order valence-corrected chi connectivity index (χ3v) is 4.74. The van der Waals surface area contributed by atoms with Gasteiger partial charge < -0.3 is 5.32 Å². The average molecular weight is 363 g/mol. The van der Waals surface area contributed by atoms with Crippen LogP contribution in [0.25, 0.3) is 0 Å². The Balaban J connectivity index is 2.08. The van der Waals surface area contributed by atoms with Crippen molar-refractivity contribution < 1.29 is 9.18 Å². The van der Waals surface area contributed by atoms with Gasteiger partial charge in [0.2, 0.25) is 0 Å². The van der Waals surface area contributed by atoms with E-state index in [1.807, 2.05) is 12.3 Å². The van der Waals surface area contributed by atoms with Crippen molar-refractivity contribution in [2.45, 2.75) is 13.5 Å². The summed E-state index contributed by atoms with van der Waals surface area (Å²) < 4.78 is 14.3. The van der Waals surface area contributed by atoms with Gasteiger partial charge in [0.15, 0.2) is 0 Å². The van der Waals surface area contributed by atoms with E-state index in [0.29, 0.717) is 15.5 Å². The van der Waals surface area contributed by atoms with Crippen LogP contribution < -0.4 is 5.32 Å². The molecule has 0 saturated heterocycles. The quantitative estimate of drug-likeness (QED) is 0.853. The first kappa shape index (κ1) is 14.5. The number of benzene rings is 1. The lowest BCUT2D eigenvalue weighted by Crippen LogP contribution is -2.22. The first-order valence-corrected chi connectivity index (χ1v) is 7.50. The van der Waals surface area contributed by atoms with E-state index >= 15 is 0 Å². The Morgan fingerprint density at radius 1 is 1.53 bits per heavy atom. The van der Waals surface area contributed by atoms with Crippen molar-refractivity contribution in [1.82, 2.24) is 5.32 Å². The monoisotopic (exact) mass is 361 g/mol. The molecule has 19 heavy (non-hydrogen) atoms. The highest BCUT2D eigenvalue weighted by Gasteiger charge is 2.14. The standard InChI is InChI=1S/C13H10BrClFNOS/c1-7-6-19-12(11(7)15)13(18)17-5-8-4-9(14)2-3-10(8)16/h2-4,6H,5H2,1H3,(H,17,18). The lowest BCUT2D eigenvalue weighted by molar-refractivity contribution is 0.0954. The lowest BCUT2D eigenvalue weighted by Gasteiger charge is -2.06. The first-order chi connectivity index (χ1) is 8.99. The number of hydrogen-bond donors (Lipinski definition) is 1. The second kappa shape index (κ2) is 6.03. The van der Waals surface area contributed by atoms with Gasteiger partial charge in [0.1, 0.15) is 10.7 Å². The molecule has 0 radical (unpaired) electrons. The van der Waals surface area contributed by atoms with Crippen LogP contribution in [0, 0.1) is 12.7 Å². The summed E-state index contributed by atoms with van der Waals surface area (Å²) in [4.78, 5) is 12.4. The number of carbonyl (C=O) groups excluding carboxylic acids is 1. The minimum atomic E-state index is -0.350. The molecule has 0 unspecified atom stereocenters. The van der Waals surface area contributed by atoms with Gasteiger partial charge in [-0.15, -0.1) is 11.3 Å². The van der Waals surface area contributed by atoms with E-state index in [0.717, 1.165) is 10.0 Å². The Kier molecular flexibility index (Phi) is 4.60. The summed E-state index contributed by atoms with van der Waals surface area (Å²) in [5.41, 5.74) is 1.29. The molecule has 1 heterocycles. The maximum absolute atomic E-state index is 13.5. The molecule has 0 saturated carbocycles. The zero-order valence-corrected chi connectivity index (χ0v) is 13.1. The highest BCUT2D eigenvalue weighted by Crippen LogP contribution is 2.27. The Hall–Kier alpha value is -0.910. The molecular weight excluding hydrogens is 353 g/mol. The highest BCUT2D eigenvalue weighted by molar-refractivity contribution is 9.10. The summed E-state index contributed by atoms with van der Waals surface area (Å²) >= 11 is 10.6. The molecule has 1 N–H and O–H groups in total. The molecule has 0 spiro atoms. The second-order valence-corrected chi connectivity index (χ2v) is 6.15. The summed E-state index contributed by atoms with van der Waals surface area (Å²) in [6, 6.07) is 4.60. The Labute approximate surface area is 127 Å². The van der Waals surface area contributed by atoms with Gasteiger partial charge >= 0.3 is 0 Å². The van der Waals surface area contributed by atoms with Crippen molar-refractivity contribution in [2.24, 2.45) is 0 Å². The maximum Gasteiger partial charge on any atom is 0.263 e. The zero-order valence-electron chi connectivity index (χ0n) is 9.97. The molecule has 2 aromatic rings. The van der Waals surface area contributed by atoms with Crippen LogP contribution in [-0.2, 0) is 6.54 Å².